The fraction of sp³-hybridized carbons (Fsp3) is 0.667. The Labute approximate surface area is 379 Å². The van der Waals surface area contributed by atoms with E-state index >= 15 is 0 Å². The van der Waals surface area contributed by atoms with Crippen molar-refractivity contribution in [1.29, 1.82) is 0 Å². The van der Waals surface area contributed by atoms with Gasteiger partial charge in [0, 0.05) is 22.6 Å². The Kier molecular flexibility index (Phi) is 18.6. The molecule has 2 aliphatic rings. The van der Waals surface area contributed by atoms with Gasteiger partial charge < -0.3 is 29.9 Å². The van der Waals surface area contributed by atoms with E-state index in [1.807, 2.05) is 45.9 Å². The van der Waals surface area contributed by atoms with Crippen molar-refractivity contribution in [2.45, 2.75) is 208 Å². The molecule has 62 heavy (non-hydrogen) atoms. The van der Waals surface area contributed by atoms with Crippen molar-refractivity contribution in [1.82, 2.24) is 0 Å². The molecule has 1 fully saturated rings. The number of rotatable bonds is 22. The van der Waals surface area contributed by atoms with Crippen molar-refractivity contribution in [2.24, 2.45) is 29.4 Å². The molecule has 341 valence electrons. The van der Waals surface area contributed by atoms with Crippen LogP contribution in [0.25, 0.3) is 5.57 Å². The summed E-state index contributed by atoms with van der Waals surface area (Å²) in [6, 6.07) is 8.32. The SMILES string of the molecule is C=CC(c1cc(CCCCCC2(C)OB(c3cc(CCCC)cc(O)c3C3=C=C=CC(CC)CCC(C)C3)OC2(C)C)cc(O)c1[B]OC(C)(C)C(C)(C)N)C(C)CC(C)CC. The summed E-state index contributed by atoms with van der Waals surface area (Å²) in [5, 5.41) is 23.4. The van der Waals surface area contributed by atoms with Gasteiger partial charge in [-0.25, -0.2) is 0 Å². The normalized spacial score (nSPS) is 22.1. The molecule has 6 unspecified atom stereocenters. The van der Waals surface area contributed by atoms with Gasteiger partial charge in [-0.3, -0.25) is 0 Å². The summed E-state index contributed by atoms with van der Waals surface area (Å²) < 4.78 is 20.3. The second-order valence-electron chi connectivity index (χ2n) is 21.1. The van der Waals surface area contributed by atoms with Gasteiger partial charge in [0.05, 0.1) is 16.8 Å². The monoisotopic (exact) mass is 849 g/mol. The van der Waals surface area contributed by atoms with Gasteiger partial charge in [-0.2, -0.15) is 0 Å². The fourth-order valence-corrected chi connectivity index (χ4v) is 9.06. The van der Waals surface area contributed by atoms with E-state index in [9.17, 15) is 10.2 Å². The van der Waals surface area contributed by atoms with Gasteiger partial charge in [-0.15, -0.1) is 6.58 Å². The molecule has 4 rings (SSSR count). The van der Waals surface area contributed by atoms with Crippen LogP contribution < -0.4 is 16.7 Å². The lowest BCUT2D eigenvalue weighted by Crippen LogP contribution is -2.55. The van der Waals surface area contributed by atoms with Crippen molar-refractivity contribution < 1.29 is 24.2 Å². The summed E-state index contributed by atoms with van der Waals surface area (Å²) in [4.78, 5) is 0. The molecule has 2 aromatic rings. The molecule has 6 nitrogen and oxygen atoms in total. The molecule has 1 aliphatic heterocycles. The second-order valence-corrected chi connectivity index (χ2v) is 21.1. The van der Waals surface area contributed by atoms with E-state index in [0.29, 0.717) is 29.1 Å². The molecule has 1 saturated heterocycles. The van der Waals surface area contributed by atoms with E-state index < -0.39 is 29.5 Å². The van der Waals surface area contributed by atoms with Crippen molar-refractivity contribution in [3.05, 3.63) is 76.7 Å². The van der Waals surface area contributed by atoms with Crippen LogP contribution in [0.15, 0.2) is 54.5 Å². The highest BCUT2D eigenvalue weighted by Crippen LogP contribution is 2.43. The quantitative estimate of drug-likeness (QED) is 0.0473. The highest BCUT2D eigenvalue weighted by molar-refractivity contribution is 6.63. The predicted octanol–water partition coefficient (Wildman–Crippen LogP) is 12.2. The molecule has 0 aromatic heterocycles. The van der Waals surface area contributed by atoms with Crippen LogP contribution in [0, 0.1) is 23.7 Å². The third kappa shape index (κ3) is 13.1. The molecule has 1 heterocycles. The number of aryl methyl sites for hydroxylation is 2. The van der Waals surface area contributed by atoms with Crippen LogP contribution in [0.5, 0.6) is 11.5 Å². The number of aromatic hydroxyl groups is 2. The minimum absolute atomic E-state index is 0.0558. The third-order valence-corrected chi connectivity index (χ3v) is 14.9. The number of phenolic OH excluding ortho intramolecular Hbond substituents is 2. The second kappa shape index (κ2) is 22.3. The minimum Gasteiger partial charge on any atom is -0.508 e. The summed E-state index contributed by atoms with van der Waals surface area (Å²) in [6.45, 7) is 32.2. The number of unbranched alkanes of at least 4 members (excludes halogenated alkanes) is 3. The highest BCUT2D eigenvalue weighted by atomic mass is 16.7. The first-order chi connectivity index (χ1) is 29.1. The van der Waals surface area contributed by atoms with Crippen molar-refractivity contribution in [3.63, 3.8) is 0 Å². The Morgan fingerprint density at radius 2 is 1.65 bits per heavy atom. The highest BCUT2D eigenvalue weighted by Gasteiger charge is 2.55. The Morgan fingerprint density at radius 3 is 2.29 bits per heavy atom. The first kappa shape index (κ1) is 51.7. The van der Waals surface area contributed by atoms with E-state index in [2.05, 4.69) is 98.6 Å². The van der Waals surface area contributed by atoms with E-state index in [1.165, 1.54) is 0 Å². The van der Waals surface area contributed by atoms with Crippen molar-refractivity contribution in [3.8, 4) is 11.5 Å². The minimum atomic E-state index is -0.652. The molecular weight excluding hydrogens is 764 g/mol. The molecule has 0 spiro atoms. The maximum atomic E-state index is 11.8. The summed E-state index contributed by atoms with van der Waals surface area (Å²) in [6.07, 6.45) is 18.2. The van der Waals surface area contributed by atoms with Crippen LogP contribution in [0.1, 0.15) is 195 Å². The fourth-order valence-electron chi connectivity index (χ4n) is 9.06. The van der Waals surface area contributed by atoms with E-state index in [4.69, 9.17) is 19.7 Å². The predicted molar refractivity (Wildman–Crippen MR) is 264 cm³/mol. The van der Waals surface area contributed by atoms with E-state index in [1.54, 1.807) is 7.48 Å². The lowest BCUT2D eigenvalue weighted by atomic mass is 9.71. The van der Waals surface area contributed by atoms with Crippen LogP contribution in [-0.4, -0.2) is 47.2 Å². The first-order valence-corrected chi connectivity index (χ1v) is 24.3. The maximum absolute atomic E-state index is 11.8. The summed E-state index contributed by atoms with van der Waals surface area (Å²) >= 11 is 0. The number of allylic oxidation sites excluding steroid dienone is 3. The Hall–Kier alpha value is -2.95. The molecule has 1 aliphatic carbocycles. The lowest BCUT2D eigenvalue weighted by molar-refractivity contribution is -0.0172. The average Bonchev–Trinajstić information content (AvgIpc) is 3.48. The molecule has 0 bridgehead atoms. The zero-order valence-corrected chi connectivity index (χ0v) is 41.3. The van der Waals surface area contributed by atoms with Crippen LogP contribution in [0.2, 0.25) is 0 Å². The molecular formula is C54H84B2NO5. The van der Waals surface area contributed by atoms with Gasteiger partial charge in [0.1, 0.15) is 11.5 Å². The van der Waals surface area contributed by atoms with Gasteiger partial charge in [0.15, 0.2) is 0 Å². The molecule has 4 N–H and O–H groups in total. The van der Waals surface area contributed by atoms with Crippen LogP contribution in [0.4, 0.5) is 0 Å². The number of hydrogen-bond acceptors (Lipinski definition) is 6. The Morgan fingerprint density at radius 1 is 0.968 bits per heavy atom. The van der Waals surface area contributed by atoms with Gasteiger partial charge in [-0.05, 0) is 182 Å². The van der Waals surface area contributed by atoms with Gasteiger partial charge in [0.25, 0.3) is 0 Å². The van der Waals surface area contributed by atoms with Crippen LogP contribution in [-0.2, 0) is 26.8 Å². The number of benzene rings is 2. The summed E-state index contributed by atoms with van der Waals surface area (Å²) in [7, 11) is 1.09. The molecule has 0 saturated carbocycles. The van der Waals surface area contributed by atoms with Gasteiger partial charge in [0.2, 0.25) is 0 Å². The lowest BCUT2D eigenvalue weighted by Gasteiger charge is -2.39. The molecule has 2 aromatic carbocycles. The van der Waals surface area contributed by atoms with Crippen molar-refractivity contribution in [2.75, 3.05) is 0 Å². The summed E-state index contributed by atoms with van der Waals surface area (Å²) in [5.74, 6) is 2.42. The Balaban J connectivity index is 1.56. The molecule has 6 atom stereocenters. The van der Waals surface area contributed by atoms with Gasteiger partial charge >= 0.3 is 14.6 Å². The van der Waals surface area contributed by atoms with Crippen molar-refractivity contribution >= 4 is 31.1 Å². The zero-order chi connectivity index (χ0) is 46.0. The third-order valence-electron chi connectivity index (χ3n) is 14.9. The number of hydrogen-bond donors (Lipinski definition) is 3. The Bertz CT molecular complexity index is 1900. The number of nitrogens with two attached hydrogens (primary N) is 1. The maximum Gasteiger partial charge on any atom is 0.495 e. The average molecular weight is 849 g/mol. The topological polar surface area (TPSA) is 94.2 Å². The first-order valence-electron chi connectivity index (χ1n) is 24.3. The van der Waals surface area contributed by atoms with E-state index in [0.717, 1.165) is 123 Å². The smallest absolute Gasteiger partial charge is 0.495 e. The van der Waals surface area contributed by atoms with Gasteiger partial charge in [-0.1, -0.05) is 96.9 Å². The molecule has 8 heteroatoms. The zero-order valence-electron chi connectivity index (χ0n) is 41.3. The van der Waals surface area contributed by atoms with Crippen LogP contribution in [0.3, 0.4) is 0 Å². The molecule has 1 radical (unpaired) electrons. The van der Waals surface area contributed by atoms with E-state index in [-0.39, 0.29) is 17.4 Å². The standard InChI is InChI=1S/C54H84B2NO5/c1-15-19-24-42-34-46(49(47(58)35-42)43-27-23-26-40(17-3)29-28-38(6)32-43)56-61-53(12,13)54(14,62-56)30-22-20-21-25-41-33-45(44(18-4)39(7)31-37(5)16-2)50(48(59)36-41)55-60-52(10,11)51(8,9)57/h18,26,33-40,44,58-59H,4,15-17,19-22,24-25,28-32,57H2,1-3,5-14H3. The number of phenols is 2. The van der Waals surface area contributed by atoms with Crippen LogP contribution >= 0.6 is 0 Å². The largest absolute Gasteiger partial charge is 0.508 e. The molecule has 0 amide bonds. The summed E-state index contributed by atoms with van der Waals surface area (Å²) in [5.41, 5.74) is 17.6.